The molecule has 2 heteroatoms. The van der Waals surface area contributed by atoms with E-state index in [0.717, 1.165) is 56.1 Å². The predicted octanol–water partition coefficient (Wildman–Crippen LogP) is 5.85. The molecule has 0 aliphatic carbocycles. The zero-order valence-corrected chi connectivity index (χ0v) is 17.2. The highest BCUT2D eigenvalue weighted by Crippen LogP contribution is 2.22. The van der Waals surface area contributed by atoms with Crippen molar-refractivity contribution in [3.8, 4) is 12.1 Å². The molecule has 0 unspecified atom stereocenters. The fourth-order valence-corrected chi connectivity index (χ4v) is 3.87. The highest BCUT2D eigenvalue weighted by Gasteiger charge is 2.10. The van der Waals surface area contributed by atoms with Crippen molar-refractivity contribution in [3.63, 3.8) is 0 Å². The van der Waals surface area contributed by atoms with Gasteiger partial charge in [-0.3, -0.25) is 0 Å². The lowest BCUT2D eigenvalue weighted by atomic mass is 9.91. The molecule has 0 spiro atoms. The monoisotopic (exact) mass is 358 g/mol. The second-order valence-electron chi connectivity index (χ2n) is 7.07. The van der Waals surface area contributed by atoms with Gasteiger partial charge in [-0.15, -0.1) is 0 Å². The SMILES string of the molecule is CCc1cc(CCCc2cc(CC)c(C#N)c(CC)c2)cc(CC)c1C#N. The second-order valence-corrected chi connectivity index (χ2v) is 7.07. The summed E-state index contributed by atoms with van der Waals surface area (Å²) in [7, 11) is 0. The van der Waals surface area contributed by atoms with E-state index in [4.69, 9.17) is 0 Å². The smallest absolute Gasteiger partial charge is 0.0997 e. The van der Waals surface area contributed by atoms with Crippen LogP contribution in [0.4, 0.5) is 0 Å². The normalized spacial score (nSPS) is 10.4. The average molecular weight is 359 g/mol. The van der Waals surface area contributed by atoms with Crippen molar-refractivity contribution in [2.24, 2.45) is 0 Å². The molecule has 0 atom stereocenters. The minimum atomic E-state index is 0.871. The molecule has 0 heterocycles. The number of nitriles is 2. The predicted molar refractivity (Wildman–Crippen MR) is 112 cm³/mol. The molecule has 0 bridgehead atoms. The van der Waals surface area contributed by atoms with Gasteiger partial charge in [0, 0.05) is 0 Å². The van der Waals surface area contributed by atoms with Gasteiger partial charge in [0.1, 0.15) is 0 Å². The summed E-state index contributed by atoms with van der Waals surface area (Å²) in [5.41, 5.74) is 9.11. The maximum Gasteiger partial charge on any atom is 0.0997 e. The Hall–Kier alpha value is -2.58. The van der Waals surface area contributed by atoms with Crippen LogP contribution in [0, 0.1) is 22.7 Å². The molecule has 140 valence electrons. The Morgan fingerprint density at radius 1 is 0.593 bits per heavy atom. The number of rotatable bonds is 8. The molecule has 2 aromatic carbocycles. The third-order valence-corrected chi connectivity index (χ3v) is 5.40. The number of hydrogen-bond acceptors (Lipinski definition) is 2. The van der Waals surface area contributed by atoms with E-state index in [0.29, 0.717) is 0 Å². The Morgan fingerprint density at radius 2 is 0.889 bits per heavy atom. The van der Waals surface area contributed by atoms with Crippen LogP contribution < -0.4 is 0 Å². The molecule has 27 heavy (non-hydrogen) atoms. The van der Waals surface area contributed by atoms with Crippen LogP contribution in [0.25, 0.3) is 0 Å². The topological polar surface area (TPSA) is 47.6 Å². The third-order valence-electron chi connectivity index (χ3n) is 5.40. The molecule has 0 radical (unpaired) electrons. The Kier molecular flexibility index (Phi) is 7.63. The summed E-state index contributed by atoms with van der Waals surface area (Å²) in [5, 5.41) is 18.9. The largest absolute Gasteiger partial charge is 0.192 e. The van der Waals surface area contributed by atoms with Gasteiger partial charge in [0.15, 0.2) is 0 Å². The molecular formula is C25H30N2. The lowest BCUT2D eigenvalue weighted by Gasteiger charge is -2.13. The molecule has 0 aliphatic rings. The molecular weight excluding hydrogens is 328 g/mol. The molecule has 0 aromatic heterocycles. The number of hydrogen-bond donors (Lipinski definition) is 0. The first-order valence-electron chi connectivity index (χ1n) is 10.2. The van der Waals surface area contributed by atoms with Crippen molar-refractivity contribution >= 4 is 0 Å². The van der Waals surface area contributed by atoms with Crippen LogP contribution in [0.2, 0.25) is 0 Å². The van der Waals surface area contributed by atoms with E-state index in [-0.39, 0.29) is 0 Å². The van der Waals surface area contributed by atoms with E-state index in [1.807, 2.05) is 0 Å². The van der Waals surface area contributed by atoms with Crippen LogP contribution in [-0.2, 0) is 38.5 Å². The lowest BCUT2D eigenvalue weighted by Crippen LogP contribution is -2.01. The standard InChI is InChI=1S/C25H30N2/c1-5-20-12-18(13-21(6-2)24(20)16-26)10-9-11-19-14-22(7-3)25(17-27)23(8-4)15-19/h12-15H,5-11H2,1-4H3. The Bertz CT molecular complexity index is 755. The van der Waals surface area contributed by atoms with Crippen LogP contribution in [0.1, 0.15) is 78.6 Å². The zero-order chi connectivity index (χ0) is 19.8. The minimum Gasteiger partial charge on any atom is -0.192 e. The summed E-state index contributed by atoms with van der Waals surface area (Å²) in [6.07, 6.45) is 6.73. The Morgan fingerprint density at radius 3 is 1.11 bits per heavy atom. The number of aryl methyl sites for hydroxylation is 6. The first-order valence-corrected chi connectivity index (χ1v) is 10.2. The molecule has 2 rings (SSSR count). The van der Waals surface area contributed by atoms with E-state index >= 15 is 0 Å². The minimum absolute atomic E-state index is 0.871. The number of benzene rings is 2. The van der Waals surface area contributed by atoms with Crippen molar-refractivity contribution in [1.82, 2.24) is 0 Å². The van der Waals surface area contributed by atoms with E-state index in [9.17, 15) is 10.5 Å². The van der Waals surface area contributed by atoms with Gasteiger partial charge in [-0.05, 0) is 78.3 Å². The molecule has 2 nitrogen and oxygen atoms in total. The number of nitrogens with zero attached hydrogens (tertiary/aromatic N) is 2. The summed E-state index contributed by atoms with van der Waals surface area (Å²) in [6.45, 7) is 8.48. The summed E-state index contributed by atoms with van der Waals surface area (Å²) in [6, 6.07) is 13.6. The van der Waals surface area contributed by atoms with E-state index in [2.05, 4.69) is 64.1 Å². The van der Waals surface area contributed by atoms with Gasteiger partial charge in [-0.25, -0.2) is 0 Å². The van der Waals surface area contributed by atoms with Crippen LogP contribution in [-0.4, -0.2) is 0 Å². The zero-order valence-electron chi connectivity index (χ0n) is 17.2. The van der Waals surface area contributed by atoms with Crippen molar-refractivity contribution in [2.75, 3.05) is 0 Å². The fourth-order valence-electron chi connectivity index (χ4n) is 3.87. The third kappa shape index (κ3) is 4.78. The summed E-state index contributed by atoms with van der Waals surface area (Å²) < 4.78 is 0. The first kappa shape index (κ1) is 20.7. The van der Waals surface area contributed by atoms with Gasteiger partial charge in [0.2, 0.25) is 0 Å². The molecule has 0 fully saturated rings. The lowest BCUT2D eigenvalue weighted by molar-refractivity contribution is 0.813. The quantitative estimate of drug-likeness (QED) is 0.594. The highest BCUT2D eigenvalue weighted by atomic mass is 14.3. The maximum atomic E-state index is 9.45. The molecule has 0 saturated carbocycles. The van der Waals surface area contributed by atoms with Crippen molar-refractivity contribution in [3.05, 3.63) is 68.8 Å². The summed E-state index contributed by atoms with van der Waals surface area (Å²) in [5.74, 6) is 0. The van der Waals surface area contributed by atoms with Gasteiger partial charge < -0.3 is 0 Å². The molecule has 0 saturated heterocycles. The second kappa shape index (κ2) is 9.94. The van der Waals surface area contributed by atoms with Gasteiger partial charge in [-0.1, -0.05) is 52.0 Å². The van der Waals surface area contributed by atoms with Gasteiger partial charge in [-0.2, -0.15) is 10.5 Å². The molecule has 0 amide bonds. The van der Waals surface area contributed by atoms with Gasteiger partial charge in [0.05, 0.1) is 23.3 Å². The van der Waals surface area contributed by atoms with Crippen LogP contribution in [0.5, 0.6) is 0 Å². The van der Waals surface area contributed by atoms with E-state index in [1.54, 1.807) is 0 Å². The molecule has 0 aliphatic heterocycles. The first-order chi connectivity index (χ1) is 13.1. The van der Waals surface area contributed by atoms with E-state index < -0.39 is 0 Å². The van der Waals surface area contributed by atoms with Gasteiger partial charge in [0.25, 0.3) is 0 Å². The van der Waals surface area contributed by atoms with Crippen molar-refractivity contribution in [1.29, 1.82) is 10.5 Å². The van der Waals surface area contributed by atoms with Crippen LogP contribution in [0.15, 0.2) is 24.3 Å². The molecule has 0 N–H and O–H groups in total. The summed E-state index contributed by atoms with van der Waals surface area (Å²) >= 11 is 0. The summed E-state index contributed by atoms with van der Waals surface area (Å²) in [4.78, 5) is 0. The van der Waals surface area contributed by atoms with Gasteiger partial charge >= 0.3 is 0 Å². The van der Waals surface area contributed by atoms with Crippen LogP contribution >= 0.6 is 0 Å². The molecule has 2 aromatic rings. The Labute approximate surface area is 164 Å². The Balaban J connectivity index is 2.17. The van der Waals surface area contributed by atoms with Crippen LogP contribution in [0.3, 0.4) is 0 Å². The maximum absolute atomic E-state index is 9.45. The average Bonchev–Trinajstić information content (AvgIpc) is 2.71. The van der Waals surface area contributed by atoms with Crippen molar-refractivity contribution in [2.45, 2.75) is 72.6 Å². The highest BCUT2D eigenvalue weighted by molar-refractivity contribution is 5.48. The van der Waals surface area contributed by atoms with E-state index in [1.165, 1.54) is 33.4 Å². The fraction of sp³-hybridized carbons (Fsp3) is 0.440. The van der Waals surface area contributed by atoms with Crippen molar-refractivity contribution < 1.29 is 0 Å².